The number of alkyl halides is 3. The van der Waals surface area contributed by atoms with Gasteiger partial charge in [0.05, 0.1) is 0 Å². The average molecular weight is 256 g/mol. The summed E-state index contributed by atoms with van der Waals surface area (Å²) < 4.78 is 3.35. The summed E-state index contributed by atoms with van der Waals surface area (Å²) in [5, 5.41) is 0. The molecule has 0 aromatic rings. The van der Waals surface area contributed by atoms with Crippen LogP contribution in [0.5, 0.6) is 0 Å². The molecule has 0 fully saturated rings. The molecule has 5 heteroatoms. The summed E-state index contributed by atoms with van der Waals surface area (Å²) in [5.74, 6) is -0.638. The average Bonchev–Trinajstić information content (AvgIpc) is 2.49. The molecule has 0 aliphatic heterocycles. The molecular weight excluding hydrogens is 246 g/mol. The molecule has 1 aliphatic rings. The first kappa shape index (κ1) is 11.9. The Morgan fingerprint density at radius 1 is 1.36 bits per heavy atom. The van der Waals surface area contributed by atoms with Gasteiger partial charge in [0.15, 0.2) is 6.10 Å². The van der Waals surface area contributed by atoms with Crippen LogP contribution in [-0.4, -0.2) is 15.9 Å². The molecule has 0 aromatic heterocycles. The predicted octanol–water partition coefficient (Wildman–Crippen LogP) is 3.03. The number of ether oxygens (including phenoxy) is 1. The third kappa shape index (κ3) is 3.19. The van der Waals surface area contributed by atoms with Gasteiger partial charge in [-0.15, -0.1) is 0 Å². The summed E-state index contributed by atoms with van der Waals surface area (Å²) >= 11 is 17.1. The number of halogens is 3. The van der Waals surface area contributed by atoms with Crippen LogP contribution in [0.1, 0.15) is 6.92 Å². The first-order valence-corrected chi connectivity index (χ1v) is 5.13. The fourth-order valence-electron chi connectivity index (χ4n) is 1.19. The fourth-order valence-corrected chi connectivity index (χ4v) is 1.76. The normalized spacial score (nSPS) is 18.6. The van der Waals surface area contributed by atoms with Crippen LogP contribution in [0.2, 0.25) is 0 Å². The maximum absolute atomic E-state index is 10.8. The van der Waals surface area contributed by atoms with Gasteiger partial charge in [0, 0.05) is 12.8 Å². The molecule has 14 heavy (non-hydrogen) atoms. The Labute approximate surface area is 97.5 Å². The van der Waals surface area contributed by atoms with Crippen molar-refractivity contribution in [2.45, 2.75) is 16.8 Å². The van der Waals surface area contributed by atoms with E-state index in [1.54, 1.807) is 0 Å². The third-order valence-electron chi connectivity index (χ3n) is 1.74. The molecule has 0 heterocycles. The number of carbonyl (C=O) groups is 1. The maximum Gasteiger partial charge on any atom is 0.303 e. The molecule has 1 aliphatic carbocycles. The number of rotatable bonds is 2. The van der Waals surface area contributed by atoms with E-state index in [1.165, 1.54) is 6.92 Å². The summed E-state index contributed by atoms with van der Waals surface area (Å²) in [6.07, 6.45) is 6.49. The van der Waals surface area contributed by atoms with Gasteiger partial charge in [0.25, 0.3) is 0 Å². The fraction of sp³-hybridized carbons (Fsp3) is 0.444. The van der Waals surface area contributed by atoms with Gasteiger partial charge < -0.3 is 4.74 Å². The van der Waals surface area contributed by atoms with E-state index < -0.39 is 15.9 Å². The Morgan fingerprint density at radius 3 is 2.21 bits per heavy atom. The van der Waals surface area contributed by atoms with Crippen molar-refractivity contribution in [3.05, 3.63) is 24.3 Å². The Kier molecular flexibility index (Phi) is 3.87. The molecule has 0 aromatic carbocycles. The molecule has 0 saturated carbocycles. The van der Waals surface area contributed by atoms with Crippen molar-refractivity contribution in [2.24, 2.45) is 5.92 Å². The Hall–Kier alpha value is -0.180. The molecule has 0 spiro atoms. The predicted molar refractivity (Wildman–Crippen MR) is 57.6 cm³/mol. The van der Waals surface area contributed by atoms with Crippen molar-refractivity contribution in [1.82, 2.24) is 0 Å². The van der Waals surface area contributed by atoms with Gasteiger partial charge in [-0.25, -0.2) is 0 Å². The van der Waals surface area contributed by atoms with Crippen molar-refractivity contribution in [2.75, 3.05) is 0 Å². The number of hydrogen-bond acceptors (Lipinski definition) is 2. The maximum atomic E-state index is 10.8. The van der Waals surface area contributed by atoms with Crippen LogP contribution in [0.4, 0.5) is 0 Å². The lowest BCUT2D eigenvalue weighted by Gasteiger charge is -2.27. The SMILES string of the molecule is CC(=O)O[C@H](C1C=CC=C1)C(Cl)(Cl)Cl. The van der Waals surface area contributed by atoms with Crippen LogP contribution in [0.15, 0.2) is 24.3 Å². The molecule has 0 unspecified atom stereocenters. The second-order valence-electron chi connectivity index (χ2n) is 2.92. The molecule has 0 bridgehead atoms. The number of hydrogen-bond donors (Lipinski definition) is 0. The van der Waals surface area contributed by atoms with Gasteiger partial charge in [-0.2, -0.15) is 0 Å². The summed E-state index contributed by atoms with van der Waals surface area (Å²) in [5.41, 5.74) is 0. The molecule has 0 radical (unpaired) electrons. The van der Waals surface area contributed by atoms with Gasteiger partial charge in [0.1, 0.15) is 0 Å². The first-order chi connectivity index (χ1) is 6.41. The van der Waals surface area contributed by atoms with E-state index in [-0.39, 0.29) is 5.92 Å². The molecule has 1 atom stereocenters. The summed E-state index contributed by atoms with van der Waals surface area (Å²) in [4.78, 5) is 10.8. The van der Waals surface area contributed by atoms with Crippen LogP contribution < -0.4 is 0 Å². The number of carbonyl (C=O) groups excluding carboxylic acids is 1. The van der Waals surface area contributed by atoms with E-state index in [2.05, 4.69) is 0 Å². The van der Waals surface area contributed by atoms with Crippen LogP contribution >= 0.6 is 34.8 Å². The highest BCUT2D eigenvalue weighted by Gasteiger charge is 2.39. The molecular formula is C9H9Cl3O2. The Bertz CT molecular complexity index is 266. The van der Waals surface area contributed by atoms with Gasteiger partial charge in [-0.1, -0.05) is 59.1 Å². The lowest BCUT2D eigenvalue weighted by Crippen LogP contribution is -2.35. The van der Waals surface area contributed by atoms with Crippen LogP contribution in [0.3, 0.4) is 0 Å². The van der Waals surface area contributed by atoms with Crippen molar-refractivity contribution >= 4 is 40.8 Å². The Morgan fingerprint density at radius 2 is 1.86 bits per heavy atom. The standard InChI is InChI=1S/C9H9Cl3O2/c1-6(13)14-8(9(10,11)12)7-4-2-3-5-7/h2-5,7-8H,1H3/t8-/m1/s1. The first-order valence-electron chi connectivity index (χ1n) is 4.00. The quantitative estimate of drug-likeness (QED) is 0.560. The van der Waals surface area contributed by atoms with Crippen molar-refractivity contribution in [3.63, 3.8) is 0 Å². The zero-order valence-electron chi connectivity index (χ0n) is 7.41. The van der Waals surface area contributed by atoms with Gasteiger partial charge in [-0.05, 0) is 0 Å². The van der Waals surface area contributed by atoms with E-state index in [1.807, 2.05) is 24.3 Å². The minimum Gasteiger partial charge on any atom is -0.457 e. The number of esters is 1. The smallest absolute Gasteiger partial charge is 0.303 e. The van der Waals surface area contributed by atoms with Gasteiger partial charge in [0.2, 0.25) is 3.79 Å². The summed E-state index contributed by atoms with van der Waals surface area (Å²) in [7, 11) is 0. The van der Waals surface area contributed by atoms with Crippen LogP contribution in [-0.2, 0) is 9.53 Å². The molecule has 0 N–H and O–H groups in total. The molecule has 0 saturated heterocycles. The molecule has 78 valence electrons. The highest BCUT2D eigenvalue weighted by Crippen LogP contribution is 2.38. The highest BCUT2D eigenvalue weighted by molar-refractivity contribution is 6.68. The molecule has 0 amide bonds. The number of allylic oxidation sites excluding steroid dienone is 2. The monoisotopic (exact) mass is 254 g/mol. The van der Waals surface area contributed by atoms with Gasteiger partial charge >= 0.3 is 5.97 Å². The highest BCUT2D eigenvalue weighted by atomic mass is 35.6. The summed E-state index contributed by atoms with van der Waals surface area (Å²) in [6, 6.07) is 0. The van der Waals surface area contributed by atoms with Crippen LogP contribution in [0, 0.1) is 5.92 Å². The topological polar surface area (TPSA) is 26.3 Å². The molecule has 1 rings (SSSR count). The zero-order chi connectivity index (χ0) is 10.8. The van der Waals surface area contributed by atoms with Crippen molar-refractivity contribution in [3.8, 4) is 0 Å². The van der Waals surface area contributed by atoms with Crippen molar-refractivity contribution in [1.29, 1.82) is 0 Å². The van der Waals surface area contributed by atoms with Crippen LogP contribution in [0.25, 0.3) is 0 Å². The minimum atomic E-state index is -1.62. The van der Waals surface area contributed by atoms with E-state index in [0.717, 1.165) is 0 Å². The lowest BCUT2D eigenvalue weighted by molar-refractivity contribution is -0.147. The second kappa shape index (κ2) is 4.56. The second-order valence-corrected chi connectivity index (χ2v) is 5.29. The van der Waals surface area contributed by atoms with E-state index in [9.17, 15) is 4.79 Å². The van der Waals surface area contributed by atoms with Crippen molar-refractivity contribution < 1.29 is 9.53 Å². The zero-order valence-corrected chi connectivity index (χ0v) is 9.68. The van der Waals surface area contributed by atoms with E-state index in [4.69, 9.17) is 39.5 Å². The van der Waals surface area contributed by atoms with E-state index >= 15 is 0 Å². The van der Waals surface area contributed by atoms with Gasteiger partial charge in [-0.3, -0.25) is 4.79 Å². The molecule has 2 nitrogen and oxygen atoms in total. The largest absolute Gasteiger partial charge is 0.457 e. The minimum absolute atomic E-state index is 0.175. The summed E-state index contributed by atoms with van der Waals surface area (Å²) in [6.45, 7) is 1.28. The lowest BCUT2D eigenvalue weighted by atomic mass is 10.1. The van der Waals surface area contributed by atoms with E-state index in [0.29, 0.717) is 0 Å². The Balaban J connectivity index is 2.76. The third-order valence-corrected chi connectivity index (χ3v) is 2.39.